The van der Waals surface area contributed by atoms with Crippen LogP contribution in [0.15, 0.2) is 46.4 Å². The van der Waals surface area contributed by atoms with E-state index in [1.807, 2.05) is 19.1 Å². The quantitative estimate of drug-likeness (QED) is 0.280. The summed E-state index contributed by atoms with van der Waals surface area (Å²) in [5, 5.41) is 8.97. The second-order valence-electron chi connectivity index (χ2n) is 6.74. The van der Waals surface area contributed by atoms with Crippen molar-refractivity contribution in [1.29, 1.82) is 0 Å². The first kappa shape index (κ1) is 25.8. The molecule has 0 aliphatic rings. The van der Waals surface area contributed by atoms with Crippen molar-refractivity contribution in [3.05, 3.63) is 53.2 Å². The van der Waals surface area contributed by atoms with Crippen molar-refractivity contribution in [3.63, 3.8) is 0 Å². The summed E-state index contributed by atoms with van der Waals surface area (Å²) in [5.74, 6) is 0.934. The Balaban J connectivity index is 0.00000450. The molecule has 0 saturated heterocycles. The monoisotopic (exact) mass is 545 g/mol. The number of pyridine rings is 1. The Labute approximate surface area is 194 Å². The zero-order valence-electron chi connectivity index (χ0n) is 17.5. The summed E-state index contributed by atoms with van der Waals surface area (Å²) in [6.45, 7) is 4.59. The average molecular weight is 545 g/mol. The molecule has 164 valence electrons. The highest BCUT2D eigenvalue weighted by Crippen LogP contribution is 2.16. The van der Waals surface area contributed by atoms with Crippen LogP contribution in [-0.2, 0) is 21.2 Å². The van der Waals surface area contributed by atoms with Gasteiger partial charge < -0.3 is 16.0 Å². The van der Waals surface area contributed by atoms with Gasteiger partial charge in [0.2, 0.25) is 5.91 Å². The van der Waals surface area contributed by atoms with Crippen LogP contribution in [0.4, 0.5) is 5.82 Å². The minimum Gasteiger partial charge on any atom is -0.356 e. The van der Waals surface area contributed by atoms with E-state index in [1.54, 1.807) is 38.4 Å². The van der Waals surface area contributed by atoms with Crippen molar-refractivity contribution in [2.75, 3.05) is 25.2 Å². The number of hydrogen-bond acceptors (Lipinski definition) is 5. The Hall–Kier alpha value is -2.21. The first-order valence-electron chi connectivity index (χ1n) is 9.15. The number of carbonyl (C=O) groups excluding carboxylic acids is 1. The SMILES string of the molecule is CN=C(NCCC(=O)Nc1ccc(C)cn1)NCc1ccc(S(C)(=O)=O)c(C)c1.I. The maximum absolute atomic E-state index is 12.0. The van der Waals surface area contributed by atoms with E-state index >= 15 is 0 Å². The fourth-order valence-electron chi connectivity index (χ4n) is 2.69. The molecular formula is C20H28IN5O3S. The van der Waals surface area contributed by atoms with Crippen molar-refractivity contribution in [3.8, 4) is 0 Å². The molecule has 1 heterocycles. The number of hydrogen-bond donors (Lipinski definition) is 3. The molecule has 8 nitrogen and oxygen atoms in total. The molecule has 3 N–H and O–H groups in total. The maximum atomic E-state index is 12.0. The van der Waals surface area contributed by atoms with Crippen LogP contribution < -0.4 is 16.0 Å². The summed E-state index contributed by atoms with van der Waals surface area (Å²) in [4.78, 5) is 20.6. The van der Waals surface area contributed by atoms with Gasteiger partial charge in [0.1, 0.15) is 5.82 Å². The minimum atomic E-state index is -3.23. The number of guanidine groups is 1. The van der Waals surface area contributed by atoms with E-state index in [2.05, 4.69) is 25.9 Å². The Morgan fingerprint density at radius 3 is 2.43 bits per heavy atom. The van der Waals surface area contributed by atoms with E-state index in [4.69, 9.17) is 0 Å². The molecule has 1 aromatic heterocycles. The van der Waals surface area contributed by atoms with Crippen LogP contribution in [0.3, 0.4) is 0 Å². The minimum absolute atomic E-state index is 0. The van der Waals surface area contributed by atoms with Gasteiger partial charge in [-0.25, -0.2) is 13.4 Å². The number of rotatable bonds is 7. The summed E-state index contributed by atoms with van der Waals surface area (Å²) in [6, 6.07) is 8.86. The highest BCUT2D eigenvalue weighted by atomic mass is 127. The Bertz CT molecular complexity index is 992. The van der Waals surface area contributed by atoms with Crippen LogP contribution in [0.25, 0.3) is 0 Å². The topological polar surface area (TPSA) is 113 Å². The zero-order chi connectivity index (χ0) is 21.4. The van der Waals surface area contributed by atoms with E-state index in [0.717, 1.165) is 11.1 Å². The number of aliphatic imine (C=N–C) groups is 1. The van der Waals surface area contributed by atoms with Crippen molar-refractivity contribution in [1.82, 2.24) is 15.6 Å². The van der Waals surface area contributed by atoms with Gasteiger partial charge in [-0.2, -0.15) is 0 Å². The number of aromatic nitrogens is 1. The van der Waals surface area contributed by atoms with Crippen molar-refractivity contribution < 1.29 is 13.2 Å². The van der Waals surface area contributed by atoms with Crippen LogP contribution in [0, 0.1) is 13.8 Å². The van der Waals surface area contributed by atoms with Crippen molar-refractivity contribution in [2.24, 2.45) is 4.99 Å². The largest absolute Gasteiger partial charge is 0.356 e. The average Bonchev–Trinajstić information content (AvgIpc) is 2.65. The predicted octanol–water partition coefficient (Wildman–Crippen LogP) is 2.41. The zero-order valence-corrected chi connectivity index (χ0v) is 20.7. The van der Waals surface area contributed by atoms with Gasteiger partial charge in [0.25, 0.3) is 0 Å². The third-order valence-electron chi connectivity index (χ3n) is 4.15. The number of nitrogens with zero attached hydrogens (tertiary/aromatic N) is 2. The molecule has 0 aliphatic heterocycles. The fraction of sp³-hybridized carbons (Fsp3) is 0.350. The lowest BCUT2D eigenvalue weighted by atomic mass is 10.1. The van der Waals surface area contributed by atoms with Gasteiger partial charge in [-0.15, -0.1) is 24.0 Å². The molecule has 0 aliphatic carbocycles. The number of nitrogens with one attached hydrogen (secondary N) is 3. The number of anilines is 1. The van der Waals surface area contributed by atoms with Gasteiger partial charge >= 0.3 is 0 Å². The predicted molar refractivity (Wildman–Crippen MR) is 130 cm³/mol. The summed E-state index contributed by atoms with van der Waals surface area (Å²) in [7, 11) is -1.59. The Morgan fingerprint density at radius 2 is 1.87 bits per heavy atom. The lowest BCUT2D eigenvalue weighted by Gasteiger charge is -2.13. The van der Waals surface area contributed by atoms with Crippen LogP contribution in [-0.4, -0.2) is 45.1 Å². The number of benzene rings is 1. The molecular weight excluding hydrogens is 517 g/mol. The fourth-order valence-corrected chi connectivity index (χ4v) is 3.64. The summed E-state index contributed by atoms with van der Waals surface area (Å²) in [5.41, 5.74) is 2.66. The van der Waals surface area contributed by atoms with E-state index in [1.165, 1.54) is 6.26 Å². The van der Waals surface area contributed by atoms with Gasteiger partial charge in [0.05, 0.1) is 4.90 Å². The maximum Gasteiger partial charge on any atom is 0.227 e. The highest BCUT2D eigenvalue weighted by molar-refractivity contribution is 14.0. The number of sulfone groups is 1. The lowest BCUT2D eigenvalue weighted by Crippen LogP contribution is -2.38. The first-order valence-corrected chi connectivity index (χ1v) is 11.0. The molecule has 1 aromatic carbocycles. The van der Waals surface area contributed by atoms with Crippen molar-refractivity contribution in [2.45, 2.75) is 31.7 Å². The third kappa shape index (κ3) is 8.27. The van der Waals surface area contributed by atoms with Gasteiger partial charge in [-0.1, -0.05) is 18.2 Å². The van der Waals surface area contributed by atoms with Crippen LogP contribution in [0.1, 0.15) is 23.1 Å². The molecule has 0 saturated carbocycles. The first-order chi connectivity index (χ1) is 13.7. The number of halogens is 1. The molecule has 2 aromatic rings. The molecule has 30 heavy (non-hydrogen) atoms. The van der Waals surface area contributed by atoms with Crippen LogP contribution in [0.5, 0.6) is 0 Å². The van der Waals surface area contributed by atoms with Gasteiger partial charge in [-0.05, 0) is 42.7 Å². The Kier molecular flexibility index (Phi) is 10.2. The molecule has 10 heteroatoms. The molecule has 0 fully saturated rings. The molecule has 1 amide bonds. The summed E-state index contributed by atoms with van der Waals surface area (Å²) >= 11 is 0. The van der Waals surface area contributed by atoms with Crippen LogP contribution in [0.2, 0.25) is 0 Å². The molecule has 0 radical (unpaired) electrons. The third-order valence-corrected chi connectivity index (χ3v) is 5.40. The number of carbonyl (C=O) groups is 1. The highest BCUT2D eigenvalue weighted by Gasteiger charge is 2.11. The van der Waals surface area contributed by atoms with Gasteiger partial charge in [0.15, 0.2) is 15.8 Å². The van der Waals surface area contributed by atoms with E-state index in [9.17, 15) is 13.2 Å². The molecule has 0 atom stereocenters. The smallest absolute Gasteiger partial charge is 0.227 e. The van der Waals surface area contributed by atoms with E-state index in [-0.39, 0.29) is 36.3 Å². The normalized spacial score (nSPS) is 11.4. The molecule has 0 spiro atoms. The van der Waals surface area contributed by atoms with E-state index in [0.29, 0.717) is 35.3 Å². The Morgan fingerprint density at radius 1 is 1.13 bits per heavy atom. The number of amides is 1. The standard InChI is InChI=1S/C20H27N5O3S.HI/c1-14-5-8-18(23-12-14)25-19(26)9-10-22-20(21-3)24-13-16-6-7-17(15(2)11-16)29(4,27)28;/h5-8,11-12H,9-10,13H2,1-4H3,(H2,21,22,24)(H,23,25,26);1H. The molecule has 2 rings (SSSR count). The molecule has 0 unspecified atom stereocenters. The number of aryl methyl sites for hydroxylation is 2. The lowest BCUT2D eigenvalue weighted by molar-refractivity contribution is -0.116. The van der Waals surface area contributed by atoms with Gasteiger partial charge in [0, 0.05) is 39.0 Å². The molecule has 0 bridgehead atoms. The van der Waals surface area contributed by atoms with Crippen molar-refractivity contribution >= 4 is 51.5 Å². The van der Waals surface area contributed by atoms with Gasteiger partial charge in [-0.3, -0.25) is 9.79 Å². The van der Waals surface area contributed by atoms with E-state index < -0.39 is 9.84 Å². The summed E-state index contributed by atoms with van der Waals surface area (Å²) in [6.07, 6.45) is 3.16. The van der Waals surface area contributed by atoms with Crippen LogP contribution >= 0.6 is 24.0 Å². The second-order valence-corrected chi connectivity index (χ2v) is 8.73. The second kappa shape index (κ2) is 11.8. The summed E-state index contributed by atoms with van der Waals surface area (Å²) < 4.78 is 23.4.